The highest BCUT2D eigenvalue weighted by molar-refractivity contribution is 6.03. The zero-order chi connectivity index (χ0) is 20.0. The molecule has 0 saturated heterocycles. The Morgan fingerprint density at radius 1 is 1.33 bits per heavy atom. The minimum Gasteiger partial charge on any atom is -0.466 e. The van der Waals surface area contributed by atoms with Gasteiger partial charge < -0.3 is 29.5 Å². The zero-order valence-corrected chi connectivity index (χ0v) is 14.8. The van der Waals surface area contributed by atoms with Crippen LogP contribution in [0.5, 0.6) is 0 Å². The molecular weight excluding hydrogens is 362 g/mol. The molecule has 0 fully saturated rings. The Kier molecular flexibility index (Phi) is 6.68. The molecule has 146 valence electrons. The van der Waals surface area contributed by atoms with Crippen molar-refractivity contribution in [2.75, 3.05) is 50.9 Å². The molecule has 0 spiro atoms. The molecule has 1 aliphatic rings. The molecule has 0 radical (unpaired) electrons. The third-order valence-electron chi connectivity index (χ3n) is 3.75. The number of nitro benzene ring substituents is 1. The third kappa shape index (κ3) is 4.33. The van der Waals surface area contributed by atoms with E-state index in [1.807, 2.05) is 0 Å². The van der Waals surface area contributed by atoms with Crippen molar-refractivity contribution in [1.82, 2.24) is 0 Å². The number of nitrogens with one attached hydrogen (secondary N) is 1. The fourth-order valence-electron chi connectivity index (χ4n) is 2.53. The van der Waals surface area contributed by atoms with Crippen molar-refractivity contribution in [3.8, 4) is 0 Å². The number of rotatable bonds is 7. The van der Waals surface area contributed by atoms with E-state index in [0.29, 0.717) is 0 Å². The lowest BCUT2D eigenvalue weighted by Gasteiger charge is -2.31. The van der Waals surface area contributed by atoms with Crippen molar-refractivity contribution < 1.29 is 33.8 Å². The molecule has 1 aromatic rings. The highest BCUT2D eigenvalue weighted by Crippen LogP contribution is 2.33. The zero-order valence-electron chi connectivity index (χ0n) is 14.8. The Morgan fingerprint density at radius 2 is 2.04 bits per heavy atom. The van der Waals surface area contributed by atoms with Crippen LogP contribution < -0.4 is 10.2 Å². The summed E-state index contributed by atoms with van der Waals surface area (Å²) in [7, 11) is 2.32. The Balaban J connectivity index is 2.54. The summed E-state index contributed by atoms with van der Waals surface area (Å²) in [6.45, 7) is -0.346. The van der Waals surface area contributed by atoms with Crippen LogP contribution in [0, 0.1) is 10.1 Å². The minimum absolute atomic E-state index is 0.0549. The van der Waals surface area contributed by atoms with Gasteiger partial charge in [0.25, 0.3) is 5.69 Å². The number of aliphatic hydroxyl groups is 1. The molecule has 27 heavy (non-hydrogen) atoms. The number of nitro groups is 1. The summed E-state index contributed by atoms with van der Waals surface area (Å²) in [6.07, 6.45) is 0. The lowest BCUT2D eigenvalue weighted by Crippen LogP contribution is -2.38. The van der Waals surface area contributed by atoms with E-state index in [0.717, 1.165) is 14.2 Å². The molecule has 0 amide bonds. The fourth-order valence-corrected chi connectivity index (χ4v) is 2.53. The van der Waals surface area contributed by atoms with Gasteiger partial charge in [0.05, 0.1) is 43.6 Å². The monoisotopic (exact) mass is 381 g/mol. The molecule has 11 nitrogen and oxygen atoms in total. The van der Waals surface area contributed by atoms with Gasteiger partial charge in [-0.15, -0.1) is 0 Å². The summed E-state index contributed by atoms with van der Waals surface area (Å²) in [5, 5.41) is 23.0. The van der Waals surface area contributed by atoms with Crippen molar-refractivity contribution in [3.63, 3.8) is 0 Å². The van der Waals surface area contributed by atoms with Gasteiger partial charge in [0.15, 0.2) is 0 Å². The lowest BCUT2D eigenvalue weighted by atomic mass is 10.1. The van der Waals surface area contributed by atoms with Gasteiger partial charge in [0, 0.05) is 12.6 Å². The van der Waals surface area contributed by atoms with Crippen molar-refractivity contribution in [1.29, 1.82) is 0 Å². The van der Waals surface area contributed by atoms with Gasteiger partial charge in [-0.1, -0.05) is 0 Å². The standard InChI is InChI=1S/C16H19N3O8/c1-25-15(21)11-8-27-9-18(14(11)16(22)26-2)10-3-4-12(17-5-6-20)13(7-10)19(23)24/h3-4,7,17,20H,5-6,8-9H2,1-2H3. The molecule has 2 rings (SSSR count). The maximum atomic E-state index is 12.2. The molecule has 0 aliphatic carbocycles. The number of ether oxygens (including phenoxy) is 3. The van der Waals surface area contributed by atoms with Crippen LogP contribution in [-0.2, 0) is 23.8 Å². The molecule has 11 heteroatoms. The van der Waals surface area contributed by atoms with E-state index >= 15 is 0 Å². The van der Waals surface area contributed by atoms with Crippen LogP contribution in [0.1, 0.15) is 0 Å². The quantitative estimate of drug-likeness (QED) is 0.387. The molecule has 0 saturated carbocycles. The number of nitrogens with zero attached hydrogens (tertiary/aromatic N) is 2. The highest BCUT2D eigenvalue weighted by atomic mass is 16.6. The fraction of sp³-hybridized carbons (Fsp3) is 0.375. The predicted octanol–water partition coefficient (Wildman–Crippen LogP) is 0.393. The molecule has 0 unspecified atom stereocenters. The number of hydrogen-bond donors (Lipinski definition) is 2. The average Bonchev–Trinajstić information content (AvgIpc) is 2.70. The molecular formula is C16H19N3O8. The van der Waals surface area contributed by atoms with Crippen LogP contribution in [0.3, 0.4) is 0 Å². The van der Waals surface area contributed by atoms with Crippen molar-refractivity contribution >= 4 is 29.0 Å². The van der Waals surface area contributed by atoms with Gasteiger partial charge in [-0.2, -0.15) is 0 Å². The van der Waals surface area contributed by atoms with Crippen molar-refractivity contribution in [2.24, 2.45) is 0 Å². The second-order valence-electron chi connectivity index (χ2n) is 5.32. The second-order valence-corrected chi connectivity index (χ2v) is 5.32. The summed E-state index contributed by atoms with van der Waals surface area (Å²) < 4.78 is 14.7. The van der Waals surface area contributed by atoms with E-state index in [1.54, 1.807) is 0 Å². The average molecular weight is 381 g/mol. The van der Waals surface area contributed by atoms with Gasteiger partial charge in [-0.25, -0.2) is 9.59 Å². The van der Waals surface area contributed by atoms with Gasteiger partial charge in [-0.05, 0) is 12.1 Å². The Hall–Kier alpha value is -3.18. The highest BCUT2D eigenvalue weighted by Gasteiger charge is 2.33. The summed E-state index contributed by atoms with van der Waals surface area (Å²) >= 11 is 0. The number of anilines is 2. The SMILES string of the molecule is COC(=O)C1=C(C(=O)OC)N(c2ccc(NCCO)c([N+](=O)[O-])c2)COC1. The third-order valence-corrected chi connectivity index (χ3v) is 3.75. The lowest BCUT2D eigenvalue weighted by molar-refractivity contribution is -0.383. The van der Waals surface area contributed by atoms with E-state index in [-0.39, 0.29) is 54.8 Å². The molecule has 0 atom stereocenters. The summed E-state index contributed by atoms with van der Waals surface area (Å²) in [4.78, 5) is 36.3. The summed E-state index contributed by atoms with van der Waals surface area (Å²) in [6, 6.07) is 4.18. The number of carbonyl (C=O) groups excluding carboxylic acids is 2. The van der Waals surface area contributed by atoms with E-state index in [1.165, 1.54) is 23.1 Å². The Morgan fingerprint density at radius 3 is 2.63 bits per heavy atom. The Labute approximate surface area is 154 Å². The molecule has 0 bridgehead atoms. The Bertz CT molecular complexity index is 777. The van der Waals surface area contributed by atoms with E-state index in [9.17, 15) is 19.7 Å². The van der Waals surface area contributed by atoms with Crippen LogP contribution in [-0.4, -0.2) is 62.7 Å². The van der Waals surface area contributed by atoms with Crippen LogP contribution in [0.4, 0.5) is 17.1 Å². The van der Waals surface area contributed by atoms with Gasteiger partial charge in [0.1, 0.15) is 18.1 Å². The first kappa shape index (κ1) is 20.1. The van der Waals surface area contributed by atoms with Crippen LogP contribution in [0.25, 0.3) is 0 Å². The first-order valence-corrected chi connectivity index (χ1v) is 7.82. The van der Waals surface area contributed by atoms with Crippen LogP contribution >= 0.6 is 0 Å². The van der Waals surface area contributed by atoms with Crippen LogP contribution in [0.2, 0.25) is 0 Å². The molecule has 2 N–H and O–H groups in total. The number of esters is 2. The van der Waals surface area contributed by atoms with Crippen molar-refractivity contribution in [2.45, 2.75) is 0 Å². The molecule has 1 heterocycles. The maximum absolute atomic E-state index is 12.2. The number of hydrogen-bond acceptors (Lipinski definition) is 10. The van der Waals surface area contributed by atoms with Gasteiger partial charge in [-0.3, -0.25) is 10.1 Å². The first-order valence-electron chi connectivity index (χ1n) is 7.82. The van der Waals surface area contributed by atoms with Gasteiger partial charge >= 0.3 is 11.9 Å². The minimum atomic E-state index is -0.802. The number of benzene rings is 1. The number of aliphatic hydroxyl groups excluding tert-OH is 1. The molecule has 1 aromatic carbocycles. The van der Waals surface area contributed by atoms with Crippen LogP contribution in [0.15, 0.2) is 29.5 Å². The summed E-state index contributed by atoms with van der Waals surface area (Å²) in [5.41, 5.74) is 0.0160. The maximum Gasteiger partial charge on any atom is 0.355 e. The summed E-state index contributed by atoms with van der Waals surface area (Å²) in [5.74, 6) is -1.57. The van der Waals surface area contributed by atoms with Crippen molar-refractivity contribution in [3.05, 3.63) is 39.6 Å². The number of carbonyl (C=O) groups is 2. The van der Waals surface area contributed by atoms with E-state index < -0.39 is 16.9 Å². The topological polar surface area (TPSA) is 140 Å². The predicted molar refractivity (Wildman–Crippen MR) is 93.0 cm³/mol. The largest absolute Gasteiger partial charge is 0.466 e. The second kappa shape index (κ2) is 8.96. The normalized spacial score (nSPS) is 14.0. The number of methoxy groups -OCH3 is 2. The first-order chi connectivity index (χ1) is 12.9. The molecule has 1 aliphatic heterocycles. The molecule has 0 aromatic heterocycles. The smallest absolute Gasteiger partial charge is 0.355 e. The van der Waals surface area contributed by atoms with Gasteiger partial charge in [0.2, 0.25) is 0 Å². The van der Waals surface area contributed by atoms with E-state index in [2.05, 4.69) is 10.1 Å². The van der Waals surface area contributed by atoms with E-state index in [4.69, 9.17) is 14.6 Å².